The lowest BCUT2D eigenvalue weighted by Crippen LogP contribution is -2.67. The molecule has 5 atom stereocenters. The molecular formula is C35H58O4Si2. The van der Waals surface area contributed by atoms with E-state index in [1.54, 1.807) is 13.2 Å². The van der Waals surface area contributed by atoms with Crippen molar-refractivity contribution in [1.82, 2.24) is 0 Å². The zero-order valence-corrected chi connectivity index (χ0v) is 29.7. The largest absolute Gasteiger partial charge is 0.413 e. The van der Waals surface area contributed by atoms with E-state index in [-0.39, 0.29) is 34.1 Å². The van der Waals surface area contributed by atoms with Gasteiger partial charge in [-0.2, -0.15) is 0 Å². The fourth-order valence-electron chi connectivity index (χ4n) is 5.47. The second kappa shape index (κ2) is 14.8. The maximum Gasteiger partial charge on any atom is 0.261 e. The number of ether oxygens (including phenoxy) is 1. The summed E-state index contributed by atoms with van der Waals surface area (Å²) in [5.74, 6) is 0.0699. The lowest BCUT2D eigenvalue weighted by Gasteiger charge is -2.45. The number of hydrogen-bond acceptors (Lipinski definition) is 4. The number of rotatable bonds is 15. The molecule has 0 radical (unpaired) electrons. The smallest absolute Gasteiger partial charge is 0.261 e. The molecule has 0 unspecified atom stereocenters. The van der Waals surface area contributed by atoms with E-state index in [9.17, 15) is 5.11 Å². The first-order chi connectivity index (χ1) is 19.0. The van der Waals surface area contributed by atoms with Crippen LogP contribution in [0, 0.1) is 11.8 Å². The summed E-state index contributed by atoms with van der Waals surface area (Å²) in [4.78, 5) is 0. The Morgan fingerprint density at radius 3 is 1.71 bits per heavy atom. The first-order valence-corrected chi connectivity index (χ1v) is 20.1. The van der Waals surface area contributed by atoms with Crippen molar-refractivity contribution in [3.05, 3.63) is 73.3 Å². The third-order valence-corrected chi connectivity index (χ3v) is 18.7. The Balaban J connectivity index is 2.41. The Labute approximate surface area is 253 Å². The topological polar surface area (TPSA) is 47.9 Å². The van der Waals surface area contributed by atoms with Gasteiger partial charge in [-0.05, 0) is 46.4 Å². The molecule has 41 heavy (non-hydrogen) atoms. The van der Waals surface area contributed by atoms with Crippen LogP contribution >= 0.6 is 0 Å². The molecule has 230 valence electrons. The third kappa shape index (κ3) is 8.74. The van der Waals surface area contributed by atoms with Crippen molar-refractivity contribution in [2.75, 3.05) is 13.7 Å². The Morgan fingerprint density at radius 2 is 1.32 bits per heavy atom. The number of aliphatic hydroxyl groups is 1. The SMILES string of the molecule is C=CC[C@@H](O)[C@H](C)[C@@H](C[C@@H](OC)[C@@H](C)CO[Si](c1ccccc1)(c1ccccc1)C(C)(C)C)O[Si](C)(C)C(C)(C)C. The van der Waals surface area contributed by atoms with Crippen molar-refractivity contribution in [1.29, 1.82) is 0 Å². The standard InChI is InChI=1S/C35H58O4Si2/c1-13-20-31(36)28(3)33(39-40(11,12)34(4,5)6)25-32(37-10)27(2)26-38-41(35(7,8)9,29-21-16-14-17-22-29)30-23-18-15-19-24-30/h13-19,21-24,27-28,31-33,36H,1,20,25-26H2,2-12H3/t27-,28-,31+,32+,33+/m0/s1. The van der Waals surface area contributed by atoms with Crippen LogP contribution in [0.2, 0.25) is 23.2 Å². The summed E-state index contributed by atoms with van der Waals surface area (Å²) in [7, 11) is -2.96. The molecule has 0 amide bonds. The first-order valence-electron chi connectivity index (χ1n) is 15.3. The number of aliphatic hydroxyl groups excluding tert-OH is 1. The van der Waals surface area contributed by atoms with Gasteiger partial charge in [0, 0.05) is 25.6 Å². The number of methoxy groups -OCH3 is 1. The summed E-state index contributed by atoms with van der Waals surface area (Å²) in [5, 5.41) is 13.5. The van der Waals surface area contributed by atoms with E-state index >= 15 is 0 Å². The van der Waals surface area contributed by atoms with E-state index in [1.165, 1.54) is 10.4 Å². The van der Waals surface area contributed by atoms with Gasteiger partial charge in [0.15, 0.2) is 8.32 Å². The van der Waals surface area contributed by atoms with E-state index < -0.39 is 22.7 Å². The number of hydrogen-bond donors (Lipinski definition) is 1. The maximum atomic E-state index is 11.0. The van der Waals surface area contributed by atoms with Crippen molar-refractivity contribution < 1.29 is 18.7 Å². The van der Waals surface area contributed by atoms with Crippen LogP contribution in [0.5, 0.6) is 0 Å². The minimum atomic E-state index is -2.66. The summed E-state index contributed by atoms with van der Waals surface area (Å²) >= 11 is 0. The van der Waals surface area contributed by atoms with Gasteiger partial charge in [0.2, 0.25) is 0 Å². The Hall–Kier alpha value is -1.55. The molecule has 0 fully saturated rings. The molecule has 0 spiro atoms. The molecule has 0 saturated heterocycles. The van der Waals surface area contributed by atoms with E-state index in [4.69, 9.17) is 13.6 Å². The Kier molecular flexibility index (Phi) is 12.8. The molecule has 0 aliphatic heterocycles. The Morgan fingerprint density at radius 1 is 0.829 bits per heavy atom. The highest BCUT2D eigenvalue weighted by molar-refractivity contribution is 6.99. The lowest BCUT2D eigenvalue weighted by molar-refractivity contribution is -0.0316. The summed E-state index contributed by atoms with van der Waals surface area (Å²) in [6, 6.07) is 21.6. The molecule has 1 N–H and O–H groups in total. The molecule has 2 aromatic carbocycles. The molecule has 4 nitrogen and oxygen atoms in total. The van der Waals surface area contributed by atoms with E-state index in [1.807, 2.05) is 0 Å². The monoisotopic (exact) mass is 598 g/mol. The van der Waals surface area contributed by atoms with Crippen LogP contribution in [0.15, 0.2) is 73.3 Å². The quantitative estimate of drug-likeness (QED) is 0.170. The fraction of sp³-hybridized carbons (Fsp3) is 0.600. The van der Waals surface area contributed by atoms with Crippen LogP contribution in [-0.4, -0.2) is 53.8 Å². The molecule has 0 bridgehead atoms. The highest BCUT2D eigenvalue weighted by atomic mass is 28.4. The van der Waals surface area contributed by atoms with Gasteiger partial charge in [-0.25, -0.2) is 0 Å². The van der Waals surface area contributed by atoms with Gasteiger partial charge in [-0.3, -0.25) is 0 Å². The summed E-state index contributed by atoms with van der Waals surface area (Å²) in [6.45, 7) is 27.0. The zero-order valence-electron chi connectivity index (χ0n) is 27.7. The summed E-state index contributed by atoms with van der Waals surface area (Å²) in [5.41, 5.74) is 0. The van der Waals surface area contributed by atoms with Gasteiger partial charge in [0.1, 0.15) is 0 Å². The van der Waals surface area contributed by atoms with Crippen molar-refractivity contribution >= 4 is 27.0 Å². The molecule has 0 aliphatic rings. The van der Waals surface area contributed by atoms with Crippen molar-refractivity contribution in [2.24, 2.45) is 11.8 Å². The van der Waals surface area contributed by atoms with Gasteiger partial charge < -0.3 is 18.7 Å². The second-order valence-corrected chi connectivity index (χ2v) is 23.4. The van der Waals surface area contributed by atoms with Crippen molar-refractivity contribution in [3.8, 4) is 0 Å². The normalized spacial score (nSPS) is 17.0. The first kappa shape index (κ1) is 35.6. The van der Waals surface area contributed by atoms with Gasteiger partial charge in [-0.15, -0.1) is 6.58 Å². The van der Waals surface area contributed by atoms with Crippen LogP contribution in [0.25, 0.3) is 0 Å². The van der Waals surface area contributed by atoms with Crippen LogP contribution in [0.4, 0.5) is 0 Å². The predicted octanol–water partition coefficient (Wildman–Crippen LogP) is 7.57. The van der Waals surface area contributed by atoms with Crippen LogP contribution in [0.1, 0.15) is 68.2 Å². The molecule has 6 heteroatoms. The lowest BCUT2D eigenvalue weighted by atomic mass is 9.89. The molecule has 0 heterocycles. The molecule has 0 aromatic heterocycles. The highest BCUT2D eigenvalue weighted by Crippen LogP contribution is 2.40. The van der Waals surface area contributed by atoms with E-state index in [2.05, 4.69) is 136 Å². The minimum Gasteiger partial charge on any atom is -0.413 e. The maximum absolute atomic E-state index is 11.0. The molecule has 2 aromatic rings. The van der Waals surface area contributed by atoms with Crippen LogP contribution in [-0.2, 0) is 13.6 Å². The Bertz CT molecular complexity index is 1000. The summed E-state index contributed by atoms with van der Waals surface area (Å²) < 4.78 is 20.4. The number of benzene rings is 2. The van der Waals surface area contributed by atoms with E-state index in [0.29, 0.717) is 19.4 Å². The second-order valence-electron chi connectivity index (χ2n) is 14.3. The molecule has 2 rings (SSSR count). The highest BCUT2D eigenvalue weighted by Gasteiger charge is 2.50. The summed E-state index contributed by atoms with van der Waals surface area (Å²) in [6.07, 6.45) is 2.31. The van der Waals surface area contributed by atoms with Gasteiger partial charge in [-0.1, -0.05) is 122 Å². The van der Waals surface area contributed by atoms with Gasteiger partial charge >= 0.3 is 0 Å². The average Bonchev–Trinajstić information content (AvgIpc) is 2.90. The van der Waals surface area contributed by atoms with Crippen LogP contribution in [0.3, 0.4) is 0 Å². The fourth-order valence-corrected chi connectivity index (χ4v) is 11.6. The van der Waals surface area contributed by atoms with E-state index in [0.717, 1.165) is 0 Å². The average molecular weight is 599 g/mol. The van der Waals surface area contributed by atoms with Crippen molar-refractivity contribution in [2.45, 2.75) is 110 Å². The van der Waals surface area contributed by atoms with Gasteiger partial charge in [0.25, 0.3) is 8.32 Å². The molecular weight excluding hydrogens is 541 g/mol. The predicted molar refractivity (Wildman–Crippen MR) is 180 cm³/mol. The molecule has 0 saturated carbocycles. The minimum absolute atomic E-state index is 0.0513. The van der Waals surface area contributed by atoms with Crippen LogP contribution < -0.4 is 10.4 Å². The molecule has 0 aliphatic carbocycles. The van der Waals surface area contributed by atoms with Gasteiger partial charge in [0.05, 0.1) is 18.3 Å². The van der Waals surface area contributed by atoms with Crippen molar-refractivity contribution in [3.63, 3.8) is 0 Å². The third-order valence-electron chi connectivity index (χ3n) is 9.24. The zero-order chi connectivity index (χ0) is 31.1.